The fraction of sp³-hybridized carbons (Fsp3) is 0.600. The molecule has 20 heavy (non-hydrogen) atoms. The largest absolute Gasteiger partial charge is 0.314 e. The third kappa shape index (κ3) is 4.23. The minimum Gasteiger partial charge on any atom is -0.314 e. The normalized spacial score (nSPS) is 21.2. The second-order valence-electron chi connectivity index (χ2n) is 5.48. The van der Waals surface area contributed by atoms with E-state index in [1.807, 2.05) is 0 Å². The molecule has 1 atom stereocenters. The lowest BCUT2D eigenvalue weighted by Gasteiger charge is -2.43. The summed E-state index contributed by atoms with van der Waals surface area (Å²) in [5.41, 5.74) is 1.54. The Labute approximate surface area is 148 Å². The van der Waals surface area contributed by atoms with Crippen LogP contribution in [0, 0.1) is 9.49 Å². The predicted molar refractivity (Wildman–Crippen MR) is 98.2 cm³/mol. The lowest BCUT2D eigenvalue weighted by Crippen LogP contribution is -2.47. The van der Waals surface area contributed by atoms with E-state index < -0.39 is 0 Å². The molecule has 1 saturated heterocycles. The molecule has 0 bridgehead atoms. The maximum Gasteiger partial charge on any atom is 0.0377 e. The fourth-order valence-electron chi connectivity index (χ4n) is 3.19. The Morgan fingerprint density at radius 2 is 1.85 bits per heavy atom. The highest BCUT2D eigenvalue weighted by atomic mass is 127. The SMILES string of the molecule is Cl.Cl.Ic1cccc([C@H](C2CCC2)N2CCNCC2)c1. The van der Waals surface area contributed by atoms with Gasteiger partial charge in [0.05, 0.1) is 0 Å². The molecular formula is C15H23Cl2IN2. The molecule has 1 heterocycles. The number of benzene rings is 1. The predicted octanol–water partition coefficient (Wildman–Crippen LogP) is 3.88. The monoisotopic (exact) mass is 428 g/mol. The zero-order valence-electron chi connectivity index (χ0n) is 11.6. The Kier molecular flexibility index (Phi) is 8.13. The zero-order valence-corrected chi connectivity index (χ0v) is 15.3. The van der Waals surface area contributed by atoms with Gasteiger partial charge >= 0.3 is 0 Å². The highest BCUT2D eigenvalue weighted by Crippen LogP contribution is 2.41. The van der Waals surface area contributed by atoms with Gasteiger partial charge < -0.3 is 5.32 Å². The average molecular weight is 429 g/mol. The molecule has 0 radical (unpaired) electrons. The number of halogens is 3. The van der Waals surface area contributed by atoms with Crippen molar-refractivity contribution in [1.29, 1.82) is 0 Å². The summed E-state index contributed by atoms with van der Waals surface area (Å²) >= 11 is 2.43. The summed E-state index contributed by atoms with van der Waals surface area (Å²) in [6.07, 6.45) is 4.26. The first-order chi connectivity index (χ1) is 8.84. The van der Waals surface area contributed by atoms with E-state index in [9.17, 15) is 0 Å². The number of hydrogen-bond acceptors (Lipinski definition) is 2. The quantitative estimate of drug-likeness (QED) is 0.735. The van der Waals surface area contributed by atoms with E-state index >= 15 is 0 Å². The maximum absolute atomic E-state index is 3.46. The second kappa shape index (κ2) is 8.79. The Bertz CT molecular complexity index is 407. The first-order valence-corrected chi connectivity index (χ1v) is 8.13. The van der Waals surface area contributed by atoms with Crippen molar-refractivity contribution in [2.45, 2.75) is 25.3 Å². The molecule has 1 N–H and O–H groups in total. The molecule has 0 aromatic heterocycles. The van der Waals surface area contributed by atoms with Crippen LogP contribution in [0.15, 0.2) is 24.3 Å². The van der Waals surface area contributed by atoms with Crippen LogP contribution in [0.2, 0.25) is 0 Å². The molecule has 114 valence electrons. The first-order valence-electron chi connectivity index (χ1n) is 7.05. The molecule has 0 spiro atoms. The molecule has 1 aromatic carbocycles. The maximum atomic E-state index is 3.46. The summed E-state index contributed by atoms with van der Waals surface area (Å²) in [7, 11) is 0. The average Bonchev–Trinajstić information content (AvgIpc) is 2.34. The smallest absolute Gasteiger partial charge is 0.0377 e. The third-order valence-electron chi connectivity index (χ3n) is 4.33. The van der Waals surface area contributed by atoms with Crippen LogP contribution in [0.1, 0.15) is 30.9 Å². The number of piperazine rings is 1. The lowest BCUT2D eigenvalue weighted by molar-refractivity contribution is 0.0837. The zero-order chi connectivity index (χ0) is 12.4. The fourth-order valence-corrected chi connectivity index (χ4v) is 3.75. The Hall–Kier alpha value is 0.450. The molecular weight excluding hydrogens is 406 g/mol. The highest BCUT2D eigenvalue weighted by Gasteiger charge is 2.33. The van der Waals surface area contributed by atoms with E-state index in [-0.39, 0.29) is 24.8 Å². The molecule has 0 amide bonds. The third-order valence-corrected chi connectivity index (χ3v) is 5.00. The van der Waals surface area contributed by atoms with Crippen molar-refractivity contribution < 1.29 is 0 Å². The Morgan fingerprint density at radius 1 is 1.15 bits per heavy atom. The molecule has 1 aliphatic heterocycles. The summed E-state index contributed by atoms with van der Waals surface area (Å²) in [6, 6.07) is 9.78. The van der Waals surface area contributed by atoms with Crippen molar-refractivity contribution in [3.8, 4) is 0 Å². The molecule has 5 heteroatoms. The topological polar surface area (TPSA) is 15.3 Å². The highest BCUT2D eigenvalue weighted by molar-refractivity contribution is 14.1. The van der Waals surface area contributed by atoms with Gasteiger partial charge in [0.25, 0.3) is 0 Å². The van der Waals surface area contributed by atoms with Gasteiger partial charge in [-0.2, -0.15) is 0 Å². The van der Waals surface area contributed by atoms with Crippen molar-refractivity contribution in [2.24, 2.45) is 5.92 Å². The minimum absolute atomic E-state index is 0. The van der Waals surface area contributed by atoms with Gasteiger partial charge in [-0.25, -0.2) is 0 Å². The summed E-state index contributed by atoms with van der Waals surface area (Å²) in [5, 5.41) is 3.46. The van der Waals surface area contributed by atoms with Crippen LogP contribution in [-0.4, -0.2) is 31.1 Å². The van der Waals surface area contributed by atoms with Gasteiger partial charge in [0.2, 0.25) is 0 Å². The van der Waals surface area contributed by atoms with E-state index in [1.54, 1.807) is 0 Å². The molecule has 2 fully saturated rings. The van der Waals surface area contributed by atoms with Crippen LogP contribution < -0.4 is 5.32 Å². The van der Waals surface area contributed by atoms with Crippen molar-refractivity contribution in [3.05, 3.63) is 33.4 Å². The molecule has 2 aliphatic rings. The van der Waals surface area contributed by atoms with E-state index in [4.69, 9.17) is 0 Å². The molecule has 1 aromatic rings. The first kappa shape index (κ1) is 18.5. The number of hydrogen-bond donors (Lipinski definition) is 1. The number of nitrogens with one attached hydrogen (secondary N) is 1. The van der Waals surface area contributed by atoms with Crippen LogP contribution in [-0.2, 0) is 0 Å². The molecule has 1 saturated carbocycles. The Morgan fingerprint density at radius 3 is 2.40 bits per heavy atom. The van der Waals surface area contributed by atoms with E-state index in [0.29, 0.717) is 6.04 Å². The summed E-state index contributed by atoms with van der Waals surface area (Å²) in [5.74, 6) is 0.890. The van der Waals surface area contributed by atoms with E-state index in [1.165, 1.54) is 41.5 Å². The van der Waals surface area contributed by atoms with Crippen LogP contribution >= 0.6 is 47.4 Å². The van der Waals surface area contributed by atoms with Crippen molar-refractivity contribution in [2.75, 3.05) is 26.2 Å². The summed E-state index contributed by atoms with van der Waals surface area (Å²) < 4.78 is 1.37. The molecule has 2 nitrogen and oxygen atoms in total. The molecule has 1 aliphatic carbocycles. The van der Waals surface area contributed by atoms with E-state index in [0.717, 1.165) is 19.0 Å². The van der Waals surface area contributed by atoms with Gasteiger partial charge in [0.15, 0.2) is 0 Å². The minimum atomic E-state index is 0. The van der Waals surface area contributed by atoms with Gasteiger partial charge in [-0.05, 0) is 59.0 Å². The van der Waals surface area contributed by atoms with Crippen LogP contribution in [0.3, 0.4) is 0 Å². The molecule has 0 unspecified atom stereocenters. The van der Waals surface area contributed by atoms with Gasteiger partial charge in [-0.1, -0.05) is 18.6 Å². The van der Waals surface area contributed by atoms with Gasteiger partial charge in [0, 0.05) is 35.8 Å². The van der Waals surface area contributed by atoms with E-state index in [2.05, 4.69) is 57.1 Å². The number of rotatable bonds is 3. The lowest BCUT2D eigenvalue weighted by atomic mass is 9.76. The number of nitrogens with zero attached hydrogens (tertiary/aromatic N) is 1. The van der Waals surface area contributed by atoms with Crippen molar-refractivity contribution >= 4 is 47.4 Å². The Balaban J connectivity index is 0.000001000. The van der Waals surface area contributed by atoms with Crippen molar-refractivity contribution in [3.63, 3.8) is 0 Å². The van der Waals surface area contributed by atoms with Crippen LogP contribution in [0.4, 0.5) is 0 Å². The van der Waals surface area contributed by atoms with Gasteiger partial charge in [0.1, 0.15) is 0 Å². The molecule has 3 rings (SSSR count). The second-order valence-corrected chi connectivity index (χ2v) is 6.72. The van der Waals surface area contributed by atoms with Gasteiger partial charge in [-0.15, -0.1) is 24.8 Å². The van der Waals surface area contributed by atoms with Crippen LogP contribution in [0.25, 0.3) is 0 Å². The van der Waals surface area contributed by atoms with Gasteiger partial charge in [-0.3, -0.25) is 4.90 Å². The summed E-state index contributed by atoms with van der Waals surface area (Å²) in [6.45, 7) is 4.69. The van der Waals surface area contributed by atoms with Crippen molar-refractivity contribution in [1.82, 2.24) is 10.2 Å². The summed E-state index contributed by atoms with van der Waals surface area (Å²) in [4.78, 5) is 2.70. The standard InChI is InChI=1S/C15H21IN2.2ClH/c16-14-6-2-5-13(11-14)15(12-3-1-4-12)18-9-7-17-8-10-18;;/h2,5-6,11-12,15,17H,1,3-4,7-10H2;2*1H/t15-;;/m0../s1. The van der Waals surface area contributed by atoms with Crippen LogP contribution in [0.5, 0.6) is 0 Å².